The summed E-state index contributed by atoms with van der Waals surface area (Å²) in [6, 6.07) is 8.20. The molecule has 1 fully saturated rings. The smallest absolute Gasteiger partial charge is 0.272 e. The lowest BCUT2D eigenvalue weighted by Gasteiger charge is -2.28. The maximum atomic E-state index is 13.0. The third-order valence-corrected chi connectivity index (χ3v) is 5.82. The van der Waals surface area contributed by atoms with Gasteiger partial charge in [-0.3, -0.25) is 4.79 Å². The first-order valence-corrected chi connectivity index (χ1v) is 9.33. The summed E-state index contributed by atoms with van der Waals surface area (Å²) in [5.41, 5.74) is 10.9. The molecule has 1 saturated carbocycles. The number of nitrogens with one attached hydrogen (secondary N) is 1. The van der Waals surface area contributed by atoms with E-state index in [1.807, 2.05) is 16.8 Å². The summed E-state index contributed by atoms with van der Waals surface area (Å²) in [4.78, 5) is 13.0. The Balaban J connectivity index is 0.00000196. The maximum Gasteiger partial charge on any atom is 0.272 e. The van der Waals surface area contributed by atoms with Crippen LogP contribution in [0.4, 0.5) is 0 Å². The summed E-state index contributed by atoms with van der Waals surface area (Å²) in [5, 5.41) is 7.96. The molecular weight excluding hydrogens is 348 g/mol. The van der Waals surface area contributed by atoms with Gasteiger partial charge in [-0.15, -0.1) is 12.4 Å². The fourth-order valence-corrected chi connectivity index (χ4v) is 4.35. The Hall–Kier alpha value is -1.85. The number of nitrogens with zero attached hydrogens (tertiary/aromatic N) is 2. The SMILES string of the molecule is Cc1ccccc1-n1nc(C(=O)NC2(CN)CCCC2)c2c1CCC2.Cl. The molecule has 3 N–H and O–H groups in total. The molecular formula is C20H27ClN4O. The number of nitrogens with two attached hydrogens (primary N) is 1. The number of carbonyl (C=O) groups excluding carboxylic acids is 1. The van der Waals surface area contributed by atoms with Crippen molar-refractivity contribution in [2.45, 2.75) is 57.4 Å². The Morgan fingerprint density at radius 2 is 1.96 bits per heavy atom. The summed E-state index contributed by atoms with van der Waals surface area (Å²) in [5.74, 6) is -0.0576. The lowest BCUT2D eigenvalue weighted by Crippen LogP contribution is -2.51. The third-order valence-electron chi connectivity index (χ3n) is 5.82. The molecule has 0 atom stereocenters. The monoisotopic (exact) mass is 374 g/mol. The highest BCUT2D eigenvalue weighted by Gasteiger charge is 2.36. The Morgan fingerprint density at radius 1 is 1.23 bits per heavy atom. The Kier molecular flexibility index (Phi) is 5.39. The number of para-hydroxylation sites is 1. The number of aromatic nitrogens is 2. The number of aryl methyl sites for hydroxylation is 1. The number of hydrogen-bond donors (Lipinski definition) is 2. The number of fused-ring (bicyclic) bond motifs is 1. The van der Waals surface area contributed by atoms with Crippen LogP contribution in [0.2, 0.25) is 0 Å². The van der Waals surface area contributed by atoms with Crippen LogP contribution in [-0.2, 0) is 12.8 Å². The molecule has 4 rings (SSSR count). The third kappa shape index (κ3) is 3.14. The quantitative estimate of drug-likeness (QED) is 0.863. The van der Waals surface area contributed by atoms with Crippen LogP contribution in [-0.4, -0.2) is 27.8 Å². The summed E-state index contributed by atoms with van der Waals surface area (Å²) in [7, 11) is 0. The number of carbonyl (C=O) groups is 1. The Bertz CT molecular complexity index is 808. The summed E-state index contributed by atoms with van der Waals surface area (Å²) in [6.07, 6.45) is 7.19. The molecule has 0 radical (unpaired) electrons. The summed E-state index contributed by atoms with van der Waals surface area (Å²) in [6.45, 7) is 2.58. The van der Waals surface area contributed by atoms with Crippen LogP contribution in [0.5, 0.6) is 0 Å². The summed E-state index contributed by atoms with van der Waals surface area (Å²) >= 11 is 0. The van der Waals surface area contributed by atoms with Gasteiger partial charge in [-0.2, -0.15) is 5.10 Å². The van der Waals surface area contributed by atoms with Crippen LogP contribution in [0.1, 0.15) is 59.4 Å². The maximum absolute atomic E-state index is 13.0. The standard InChI is InChI=1S/C20H26N4O.ClH/c1-14-7-2-3-9-16(14)24-17-10-6-8-15(17)18(23-24)19(25)22-20(13-21)11-4-5-12-20;/h2-3,7,9H,4-6,8,10-13,21H2,1H3,(H,22,25);1H. The predicted octanol–water partition coefficient (Wildman–Crippen LogP) is 3.09. The van der Waals surface area contributed by atoms with E-state index in [2.05, 4.69) is 24.4 Å². The molecule has 26 heavy (non-hydrogen) atoms. The van der Waals surface area contributed by atoms with Crippen molar-refractivity contribution in [2.75, 3.05) is 6.54 Å². The van der Waals surface area contributed by atoms with Gasteiger partial charge < -0.3 is 11.1 Å². The second kappa shape index (κ2) is 7.41. The van der Waals surface area contributed by atoms with Crippen molar-refractivity contribution in [3.8, 4) is 5.69 Å². The normalized spacial score (nSPS) is 17.6. The molecule has 6 heteroatoms. The lowest BCUT2D eigenvalue weighted by atomic mass is 9.97. The predicted molar refractivity (Wildman–Crippen MR) is 105 cm³/mol. The van der Waals surface area contributed by atoms with Crippen molar-refractivity contribution in [2.24, 2.45) is 5.73 Å². The Morgan fingerprint density at radius 3 is 2.65 bits per heavy atom. The number of hydrogen-bond acceptors (Lipinski definition) is 3. The van der Waals surface area contributed by atoms with Crippen molar-refractivity contribution in [3.05, 3.63) is 46.8 Å². The molecule has 1 amide bonds. The molecule has 140 valence electrons. The lowest BCUT2D eigenvalue weighted by molar-refractivity contribution is 0.0896. The minimum atomic E-state index is -0.241. The highest BCUT2D eigenvalue weighted by atomic mass is 35.5. The van der Waals surface area contributed by atoms with Gasteiger partial charge in [0.15, 0.2) is 5.69 Å². The molecule has 2 aliphatic carbocycles. The van der Waals surface area contributed by atoms with Crippen molar-refractivity contribution < 1.29 is 4.79 Å². The molecule has 1 aromatic carbocycles. The molecule has 2 aliphatic rings. The fraction of sp³-hybridized carbons (Fsp3) is 0.500. The molecule has 0 unspecified atom stereocenters. The van der Waals surface area contributed by atoms with Crippen LogP contribution >= 0.6 is 12.4 Å². The number of amides is 1. The van der Waals surface area contributed by atoms with Crippen LogP contribution in [0.3, 0.4) is 0 Å². The summed E-state index contributed by atoms with van der Waals surface area (Å²) < 4.78 is 1.98. The number of rotatable bonds is 4. The van der Waals surface area contributed by atoms with Gasteiger partial charge in [0.05, 0.1) is 11.2 Å². The minimum Gasteiger partial charge on any atom is -0.344 e. The molecule has 0 aliphatic heterocycles. The second-order valence-electron chi connectivity index (χ2n) is 7.47. The molecule has 1 aromatic heterocycles. The van der Waals surface area contributed by atoms with Gasteiger partial charge in [0.25, 0.3) is 5.91 Å². The zero-order valence-electron chi connectivity index (χ0n) is 15.3. The minimum absolute atomic E-state index is 0. The molecule has 0 saturated heterocycles. The van der Waals surface area contributed by atoms with Crippen molar-refractivity contribution in [1.29, 1.82) is 0 Å². The van der Waals surface area contributed by atoms with Crippen LogP contribution < -0.4 is 11.1 Å². The van der Waals surface area contributed by atoms with E-state index in [9.17, 15) is 4.79 Å². The highest BCUT2D eigenvalue weighted by Crippen LogP contribution is 2.31. The zero-order valence-corrected chi connectivity index (χ0v) is 16.1. The molecule has 1 heterocycles. The molecule has 2 aromatic rings. The number of benzene rings is 1. The van der Waals surface area contributed by atoms with Gasteiger partial charge >= 0.3 is 0 Å². The molecule has 0 bridgehead atoms. The van der Waals surface area contributed by atoms with Gasteiger partial charge in [0, 0.05) is 17.8 Å². The van der Waals surface area contributed by atoms with E-state index in [1.54, 1.807) is 0 Å². The van der Waals surface area contributed by atoms with Crippen LogP contribution in [0.25, 0.3) is 5.69 Å². The first-order valence-electron chi connectivity index (χ1n) is 9.33. The molecule has 0 spiro atoms. The van der Waals surface area contributed by atoms with Crippen molar-refractivity contribution in [1.82, 2.24) is 15.1 Å². The van der Waals surface area contributed by atoms with E-state index in [4.69, 9.17) is 10.8 Å². The van der Waals surface area contributed by atoms with Gasteiger partial charge in [-0.05, 0) is 50.7 Å². The first kappa shape index (κ1) is 18.9. The van der Waals surface area contributed by atoms with Gasteiger partial charge in [-0.25, -0.2) is 4.68 Å². The Labute approximate surface area is 160 Å². The fourth-order valence-electron chi connectivity index (χ4n) is 4.35. The zero-order chi connectivity index (χ0) is 17.4. The van der Waals surface area contributed by atoms with E-state index in [0.717, 1.165) is 56.2 Å². The van der Waals surface area contributed by atoms with Gasteiger partial charge in [0.2, 0.25) is 0 Å². The number of halogens is 1. The average molecular weight is 375 g/mol. The van der Waals surface area contributed by atoms with E-state index in [0.29, 0.717) is 12.2 Å². The van der Waals surface area contributed by atoms with Crippen molar-refractivity contribution >= 4 is 18.3 Å². The largest absolute Gasteiger partial charge is 0.344 e. The van der Waals surface area contributed by atoms with Crippen LogP contribution in [0.15, 0.2) is 24.3 Å². The topological polar surface area (TPSA) is 72.9 Å². The van der Waals surface area contributed by atoms with E-state index in [-0.39, 0.29) is 23.9 Å². The van der Waals surface area contributed by atoms with E-state index in [1.165, 1.54) is 11.3 Å². The van der Waals surface area contributed by atoms with E-state index >= 15 is 0 Å². The molecule has 5 nitrogen and oxygen atoms in total. The van der Waals surface area contributed by atoms with Crippen LogP contribution in [0, 0.1) is 6.92 Å². The van der Waals surface area contributed by atoms with E-state index < -0.39 is 0 Å². The second-order valence-corrected chi connectivity index (χ2v) is 7.47. The first-order chi connectivity index (χ1) is 12.1. The average Bonchev–Trinajstić information content (AvgIpc) is 3.32. The highest BCUT2D eigenvalue weighted by molar-refractivity contribution is 5.95. The van der Waals surface area contributed by atoms with Gasteiger partial charge in [0.1, 0.15) is 0 Å². The van der Waals surface area contributed by atoms with Gasteiger partial charge in [-0.1, -0.05) is 31.0 Å². The van der Waals surface area contributed by atoms with Crippen molar-refractivity contribution in [3.63, 3.8) is 0 Å².